The van der Waals surface area contributed by atoms with Gasteiger partial charge in [-0.05, 0) is 37.0 Å². The standard InChI is InChI=1S/C16H19N3OS/c1-9(2)14-13(8-20)19-16(17-14)21-15(18-19)12-6-5-10(3)11(4)7-12/h5-7,9,20H,8H2,1-4H3. The van der Waals surface area contributed by atoms with E-state index in [1.165, 1.54) is 11.1 Å². The molecule has 1 aromatic carbocycles. The number of rotatable bonds is 3. The highest BCUT2D eigenvalue weighted by Gasteiger charge is 2.18. The number of hydrogen-bond donors (Lipinski definition) is 1. The Kier molecular flexibility index (Phi) is 3.55. The minimum atomic E-state index is -0.0369. The van der Waals surface area contributed by atoms with Crippen molar-refractivity contribution in [1.82, 2.24) is 14.6 Å². The first kappa shape index (κ1) is 14.2. The van der Waals surface area contributed by atoms with E-state index in [0.29, 0.717) is 0 Å². The second-order valence-electron chi connectivity index (χ2n) is 5.66. The van der Waals surface area contributed by atoms with E-state index in [2.05, 4.69) is 56.0 Å². The van der Waals surface area contributed by atoms with Crippen LogP contribution in [0.25, 0.3) is 15.5 Å². The summed E-state index contributed by atoms with van der Waals surface area (Å²) in [5.41, 5.74) is 5.36. The summed E-state index contributed by atoms with van der Waals surface area (Å²) in [6, 6.07) is 6.35. The average Bonchev–Trinajstić information content (AvgIpc) is 2.98. The van der Waals surface area contributed by atoms with Gasteiger partial charge in [0.2, 0.25) is 4.96 Å². The first-order valence-corrected chi connectivity index (χ1v) is 7.89. The Morgan fingerprint density at radius 3 is 2.62 bits per heavy atom. The number of imidazole rings is 1. The van der Waals surface area contributed by atoms with Gasteiger partial charge < -0.3 is 5.11 Å². The zero-order valence-corrected chi connectivity index (χ0v) is 13.5. The van der Waals surface area contributed by atoms with Gasteiger partial charge in [0.15, 0.2) is 0 Å². The fourth-order valence-electron chi connectivity index (χ4n) is 2.41. The van der Waals surface area contributed by atoms with E-state index in [4.69, 9.17) is 0 Å². The minimum Gasteiger partial charge on any atom is -0.390 e. The third kappa shape index (κ3) is 2.36. The summed E-state index contributed by atoms with van der Waals surface area (Å²) in [4.78, 5) is 5.47. The Balaban J connectivity index is 2.13. The molecule has 0 aliphatic heterocycles. The molecule has 0 fully saturated rings. The van der Waals surface area contributed by atoms with Crippen LogP contribution in [0.15, 0.2) is 18.2 Å². The predicted molar refractivity (Wildman–Crippen MR) is 85.8 cm³/mol. The number of hydrogen-bond acceptors (Lipinski definition) is 4. The number of aliphatic hydroxyl groups excluding tert-OH is 1. The van der Waals surface area contributed by atoms with E-state index < -0.39 is 0 Å². The molecule has 21 heavy (non-hydrogen) atoms. The third-order valence-corrected chi connectivity index (χ3v) is 4.74. The van der Waals surface area contributed by atoms with Crippen LogP contribution >= 0.6 is 11.3 Å². The first-order chi connectivity index (χ1) is 10.0. The van der Waals surface area contributed by atoms with Gasteiger partial charge in [0.1, 0.15) is 5.01 Å². The number of aryl methyl sites for hydroxylation is 2. The molecule has 1 N–H and O–H groups in total. The summed E-state index contributed by atoms with van der Waals surface area (Å²) in [6.45, 7) is 8.33. The molecule has 2 aromatic heterocycles. The van der Waals surface area contributed by atoms with E-state index in [9.17, 15) is 5.11 Å². The van der Waals surface area contributed by atoms with Gasteiger partial charge in [0.05, 0.1) is 18.0 Å². The molecule has 0 saturated heterocycles. The number of fused-ring (bicyclic) bond motifs is 1. The van der Waals surface area contributed by atoms with Crippen LogP contribution in [-0.4, -0.2) is 19.7 Å². The number of nitrogens with zero attached hydrogens (tertiary/aromatic N) is 3. The van der Waals surface area contributed by atoms with Crippen molar-refractivity contribution in [2.75, 3.05) is 0 Å². The van der Waals surface area contributed by atoms with E-state index in [-0.39, 0.29) is 12.5 Å². The average molecular weight is 301 g/mol. The molecule has 3 aromatic rings. The van der Waals surface area contributed by atoms with Crippen molar-refractivity contribution in [1.29, 1.82) is 0 Å². The molecule has 3 rings (SSSR count). The highest BCUT2D eigenvalue weighted by Crippen LogP contribution is 2.30. The van der Waals surface area contributed by atoms with Crippen molar-refractivity contribution in [3.63, 3.8) is 0 Å². The lowest BCUT2D eigenvalue weighted by molar-refractivity contribution is 0.272. The fraction of sp³-hybridized carbons (Fsp3) is 0.375. The van der Waals surface area contributed by atoms with Crippen molar-refractivity contribution in [2.45, 2.75) is 40.2 Å². The highest BCUT2D eigenvalue weighted by atomic mass is 32.1. The minimum absolute atomic E-state index is 0.0369. The number of aliphatic hydroxyl groups is 1. The molecule has 0 aliphatic carbocycles. The lowest BCUT2D eigenvalue weighted by Crippen LogP contribution is -1.99. The smallest absolute Gasteiger partial charge is 0.213 e. The maximum absolute atomic E-state index is 9.62. The summed E-state index contributed by atoms with van der Waals surface area (Å²) in [6.07, 6.45) is 0. The van der Waals surface area contributed by atoms with E-state index in [0.717, 1.165) is 26.9 Å². The first-order valence-electron chi connectivity index (χ1n) is 7.08. The molecular weight excluding hydrogens is 282 g/mol. The zero-order chi connectivity index (χ0) is 15.1. The van der Waals surface area contributed by atoms with Crippen LogP contribution in [0.2, 0.25) is 0 Å². The Morgan fingerprint density at radius 1 is 1.24 bits per heavy atom. The second-order valence-corrected chi connectivity index (χ2v) is 6.61. The molecule has 0 aliphatic rings. The lowest BCUT2D eigenvalue weighted by atomic mass is 10.1. The molecule has 0 unspecified atom stereocenters. The fourth-order valence-corrected chi connectivity index (χ4v) is 3.33. The van der Waals surface area contributed by atoms with Crippen molar-refractivity contribution in [3.05, 3.63) is 40.7 Å². The molecule has 2 heterocycles. The van der Waals surface area contributed by atoms with Crippen LogP contribution in [0.1, 0.15) is 42.3 Å². The molecule has 0 spiro atoms. The summed E-state index contributed by atoms with van der Waals surface area (Å²) < 4.78 is 1.78. The van der Waals surface area contributed by atoms with Gasteiger partial charge in [0.25, 0.3) is 0 Å². The van der Waals surface area contributed by atoms with Crippen LogP contribution in [0, 0.1) is 13.8 Å². The predicted octanol–water partition coefficient (Wildman–Crippen LogP) is 3.69. The number of aromatic nitrogens is 3. The summed E-state index contributed by atoms with van der Waals surface area (Å²) in [5, 5.41) is 15.2. The molecule has 4 nitrogen and oxygen atoms in total. The van der Waals surface area contributed by atoms with Crippen molar-refractivity contribution in [2.24, 2.45) is 0 Å². The maximum atomic E-state index is 9.62. The third-order valence-electron chi connectivity index (χ3n) is 3.78. The SMILES string of the molecule is Cc1ccc(-c2nn3c(CO)c(C(C)C)nc3s2)cc1C. The molecule has 0 radical (unpaired) electrons. The normalized spacial score (nSPS) is 11.7. The Hall–Kier alpha value is -1.72. The van der Waals surface area contributed by atoms with Gasteiger partial charge in [0, 0.05) is 5.56 Å². The Labute approximate surface area is 128 Å². The molecule has 0 atom stereocenters. The van der Waals surface area contributed by atoms with Gasteiger partial charge >= 0.3 is 0 Å². The van der Waals surface area contributed by atoms with Crippen LogP contribution < -0.4 is 0 Å². The molecule has 0 amide bonds. The van der Waals surface area contributed by atoms with Crippen LogP contribution in [0.4, 0.5) is 0 Å². The monoisotopic (exact) mass is 301 g/mol. The van der Waals surface area contributed by atoms with Crippen molar-refractivity contribution >= 4 is 16.3 Å². The molecule has 0 bridgehead atoms. The largest absolute Gasteiger partial charge is 0.390 e. The lowest BCUT2D eigenvalue weighted by Gasteiger charge is -2.03. The molecule has 110 valence electrons. The number of benzene rings is 1. The van der Waals surface area contributed by atoms with Gasteiger partial charge in [-0.1, -0.05) is 37.3 Å². The van der Waals surface area contributed by atoms with Gasteiger partial charge in [-0.15, -0.1) is 0 Å². The topological polar surface area (TPSA) is 50.4 Å². The summed E-state index contributed by atoms with van der Waals surface area (Å²) in [5.74, 6) is 0.283. The molecule has 0 saturated carbocycles. The second kappa shape index (κ2) is 5.24. The van der Waals surface area contributed by atoms with Crippen molar-refractivity contribution < 1.29 is 5.11 Å². The summed E-state index contributed by atoms with van der Waals surface area (Å²) in [7, 11) is 0. The van der Waals surface area contributed by atoms with Crippen LogP contribution in [-0.2, 0) is 6.61 Å². The summed E-state index contributed by atoms with van der Waals surface area (Å²) >= 11 is 1.56. The van der Waals surface area contributed by atoms with E-state index >= 15 is 0 Å². The Bertz CT molecular complexity index is 801. The van der Waals surface area contributed by atoms with E-state index in [1.54, 1.807) is 15.9 Å². The van der Waals surface area contributed by atoms with Crippen LogP contribution in [0.3, 0.4) is 0 Å². The van der Waals surface area contributed by atoms with Gasteiger partial charge in [-0.25, -0.2) is 9.50 Å². The zero-order valence-electron chi connectivity index (χ0n) is 12.7. The van der Waals surface area contributed by atoms with E-state index in [1.807, 2.05) is 0 Å². The molecular formula is C16H19N3OS. The Morgan fingerprint density at radius 2 is 2.00 bits per heavy atom. The quantitative estimate of drug-likeness (QED) is 0.802. The van der Waals surface area contributed by atoms with Gasteiger partial charge in [-0.2, -0.15) is 5.10 Å². The highest BCUT2D eigenvalue weighted by molar-refractivity contribution is 7.19. The van der Waals surface area contributed by atoms with Crippen molar-refractivity contribution in [3.8, 4) is 10.6 Å². The maximum Gasteiger partial charge on any atom is 0.213 e. The molecule has 5 heteroatoms. The van der Waals surface area contributed by atoms with Gasteiger partial charge in [-0.3, -0.25) is 0 Å². The van der Waals surface area contributed by atoms with Crippen LogP contribution in [0.5, 0.6) is 0 Å².